The Balaban J connectivity index is 1.73. The number of aromatic carboxylic acids is 1. The van der Waals surface area contributed by atoms with Crippen molar-refractivity contribution in [2.45, 2.75) is 37.8 Å². The second kappa shape index (κ2) is 6.19. The van der Waals surface area contributed by atoms with Gasteiger partial charge in [-0.25, -0.2) is 4.79 Å². The smallest absolute Gasteiger partial charge is 0.335 e. The Morgan fingerprint density at radius 3 is 2.52 bits per heavy atom. The van der Waals surface area contributed by atoms with Gasteiger partial charge in [0.25, 0.3) is 5.91 Å². The first-order valence-corrected chi connectivity index (χ1v) is 8.87. The lowest BCUT2D eigenvalue weighted by atomic mass is 10.0. The minimum atomic E-state index is -0.941. The number of hydrogen-bond donors (Lipinski definition) is 1. The highest BCUT2D eigenvalue weighted by Crippen LogP contribution is 2.43. The van der Waals surface area contributed by atoms with Gasteiger partial charge in [0.2, 0.25) is 0 Å². The number of fused-ring (bicyclic) bond motifs is 1. The van der Waals surface area contributed by atoms with Gasteiger partial charge < -0.3 is 10.0 Å². The molecule has 1 unspecified atom stereocenters. The molecule has 0 bridgehead atoms. The summed E-state index contributed by atoms with van der Waals surface area (Å²) in [6.45, 7) is 0. The average Bonchev–Trinajstić information content (AvgIpc) is 3.35. The van der Waals surface area contributed by atoms with E-state index in [1.54, 1.807) is 24.3 Å². The van der Waals surface area contributed by atoms with Crippen LogP contribution in [0.2, 0.25) is 5.02 Å². The molecule has 1 saturated carbocycles. The van der Waals surface area contributed by atoms with Gasteiger partial charge in [0, 0.05) is 6.04 Å². The van der Waals surface area contributed by atoms with Gasteiger partial charge in [0.05, 0.1) is 22.2 Å². The van der Waals surface area contributed by atoms with Gasteiger partial charge in [-0.1, -0.05) is 29.8 Å². The standard InChI is InChI=1S/C20H18ClNO3/c21-17-4-2-1-3-15(17)19(23)22(14-8-9-14)18-10-7-12-5-6-13(20(24)25)11-16(12)18/h1-6,11,14,18H,7-10H2,(H,24,25). The number of amides is 1. The summed E-state index contributed by atoms with van der Waals surface area (Å²) in [4.78, 5) is 26.4. The van der Waals surface area contributed by atoms with Crippen LogP contribution in [0.1, 0.15) is 57.1 Å². The lowest BCUT2D eigenvalue weighted by Gasteiger charge is -2.30. The molecule has 2 aliphatic carbocycles. The molecule has 4 nitrogen and oxygen atoms in total. The highest BCUT2D eigenvalue weighted by Gasteiger charge is 2.41. The monoisotopic (exact) mass is 355 g/mol. The van der Waals surface area contributed by atoms with Crippen molar-refractivity contribution in [2.24, 2.45) is 0 Å². The topological polar surface area (TPSA) is 57.6 Å². The molecule has 0 spiro atoms. The second-order valence-corrected chi connectivity index (χ2v) is 7.10. The summed E-state index contributed by atoms with van der Waals surface area (Å²) in [6.07, 6.45) is 3.66. The van der Waals surface area contributed by atoms with Gasteiger partial charge in [0.15, 0.2) is 0 Å². The maximum atomic E-state index is 13.2. The van der Waals surface area contributed by atoms with Crippen LogP contribution in [0.5, 0.6) is 0 Å². The Kier molecular flexibility index (Phi) is 4.00. The first kappa shape index (κ1) is 16.2. The maximum Gasteiger partial charge on any atom is 0.335 e. The van der Waals surface area contributed by atoms with Crippen LogP contribution in [0.3, 0.4) is 0 Å². The number of carboxylic acids is 1. The molecule has 4 rings (SSSR count). The van der Waals surface area contributed by atoms with Gasteiger partial charge in [-0.2, -0.15) is 0 Å². The zero-order chi connectivity index (χ0) is 17.6. The van der Waals surface area contributed by atoms with Crippen molar-refractivity contribution in [3.05, 3.63) is 69.7 Å². The fourth-order valence-electron chi connectivity index (χ4n) is 3.69. The summed E-state index contributed by atoms with van der Waals surface area (Å²) < 4.78 is 0. The summed E-state index contributed by atoms with van der Waals surface area (Å²) in [5, 5.41) is 9.74. The normalized spacial score (nSPS) is 18.7. The van der Waals surface area contributed by atoms with E-state index >= 15 is 0 Å². The predicted molar refractivity (Wildman–Crippen MR) is 95.1 cm³/mol. The second-order valence-electron chi connectivity index (χ2n) is 6.70. The largest absolute Gasteiger partial charge is 0.478 e. The van der Waals surface area contributed by atoms with Crippen LogP contribution < -0.4 is 0 Å². The SMILES string of the molecule is O=C(O)c1ccc2c(c1)C(N(C(=O)c1ccccc1Cl)C1CC1)CC2. The zero-order valence-corrected chi connectivity index (χ0v) is 14.4. The van der Waals surface area contributed by atoms with E-state index in [-0.39, 0.29) is 23.6 Å². The van der Waals surface area contributed by atoms with Gasteiger partial charge in [-0.15, -0.1) is 0 Å². The summed E-state index contributed by atoms with van der Waals surface area (Å²) in [5.41, 5.74) is 2.88. The van der Waals surface area contributed by atoms with E-state index in [4.69, 9.17) is 11.6 Å². The minimum Gasteiger partial charge on any atom is -0.478 e. The van der Waals surface area contributed by atoms with Crippen molar-refractivity contribution in [3.8, 4) is 0 Å². The highest BCUT2D eigenvalue weighted by atomic mass is 35.5. The van der Waals surface area contributed by atoms with Gasteiger partial charge in [-0.3, -0.25) is 4.79 Å². The molecule has 2 aromatic rings. The Morgan fingerprint density at radius 2 is 1.84 bits per heavy atom. The Morgan fingerprint density at radius 1 is 1.08 bits per heavy atom. The quantitative estimate of drug-likeness (QED) is 0.888. The van der Waals surface area contributed by atoms with E-state index in [1.165, 1.54) is 0 Å². The summed E-state index contributed by atoms with van der Waals surface area (Å²) in [6, 6.07) is 12.5. The van der Waals surface area contributed by atoms with Crippen molar-refractivity contribution in [1.82, 2.24) is 4.90 Å². The van der Waals surface area contributed by atoms with Crippen LogP contribution in [0.4, 0.5) is 0 Å². The summed E-state index contributed by atoms with van der Waals surface area (Å²) in [5.74, 6) is -1.00. The summed E-state index contributed by atoms with van der Waals surface area (Å²) in [7, 11) is 0. The lowest BCUT2D eigenvalue weighted by Crippen LogP contribution is -2.36. The fourth-order valence-corrected chi connectivity index (χ4v) is 3.91. The van der Waals surface area contributed by atoms with Crippen LogP contribution in [0, 0.1) is 0 Å². The number of aryl methyl sites for hydroxylation is 1. The molecule has 1 atom stereocenters. The van der Waals surface area contributed by atoms with Crippen molar-refractivity contribution >= 4 is 23.5 Å². The number of benzene rings is 2. The number of rotatable bonds is 4. The number of carbonyl (C=O) groups excluding carboxylic acids is 1. The van der Waals surface area contributed by atoms with Crippen LogP contribution in [-0.2, 0) is 6.42 Å². The molecule has 2 aromatic carbocycles. The number of nitrogens with zero attached hydrogens (tertiary/aromatic N) is 1. The molecule has 0 heterocycles. The Labute approximate surface area is 151 Å². The Bertz CT molecular complexity index is 860. The molecule has 0 aromatic heterocycles. The Hall–Kier alpha value is -2.33. The van der Waals surface area contributed by atoms with Crippen molar-refractivity contribution in [2.75, 3.05) is 0 Å². The van der Waals surface area contributed by atoms with E-state index in [1.807, 2.05) is 23.1 Å². The van der Waals surface area contributed by atoms with E-state index in [2.05, 4.69) is 0 Å². The van der Waals surface area contributed by atoms with Crippen LogP contribution >= 0.6 is 11.6 Å². The van der Waals surface area contributed by atoms with Crippen LogP contribution in [-0.4, -0.2) is 27.9 Å². The molecule has 0 aliphatic heterocycles. The van der Waals surface area contributed by atoms with Gasteiger partial charge in [0.1, 0.15) is 0 Å². The van der Waals surface area contributed by atoms with E-state index < -0.39 is 5.97 Å². The number of halogens is 1. The molecular formula is C20H18ClNO3. The molecule has 1 fully saturated rings. The zero-order valence-electron chi connectivity index (χ0n) is 13.6. The first-order chi connectivity index (χ1) is 12.1. The molecule has 0 radical (unpaired) electrons. The lowest BCUT2D eigenvalue weighted by molar-refractivity contribution is 0.0658. The number of hydrogen-bond acceptors (Lipinski definition) is 2. The molecule has 2 aliphatic rings. The van der Waals surface area contributed by atoms with Crippen molar-refractivity contribution in [1.29, 1.82) is 0 Å². The molecule has 128 valence electrons. The molecule has 5 heteroatoms. The molecule has 25 heavy (non-hydrogen) atoms. The van der Waals surface area contributed by atoms with Gasteiger partial charge >= 0.3 is 5.97 Å². The third kappa shape index (κ3) is 2.91. The number of carbonyl (C=O) groups is 2. The number of carboxylic acid groups (broad SMARTS) is 1. The average molecular weight is 356 g/mol. The predicted octanol–water partition coefficient (Wildman–Crippen LogP) is 4.33. The molecule has 0 saturated heterocycles. The molecule has 1 amide bonds. The fraction of sp³-hybridized carbons (Fsp3) is 0.300. The van der Waals surface area contributed by atoms with Crippen LogP contribution in [0.25, 0.3) is 0 Å². The van der Waals surface area contributed by atoms with E-state index in [9.17, 15) is 14.7 Å². The first-order valence-electron chi connectivity index (χ1n) is 8.49. The molecule has 1 N–H and O–H groups in total. The molecular weight excluding hydrogens is 338 g/mol. The minimum absolute atomic E-state index is 0.0633. The maximum absolute atomic E-state index is 13.2. The summed E-state index contributed by atoms with van der Waals surface area (Å²) >= 11 is 6.24. The third-order valence-electron chi connectivity index (χ3n) is 5.05. The van der Waals surface area contributed by atoms with E-state index in [0.29, 0.717) is 10.6 Å². The van der Waals surface area contributed by atoms with Gasteiger partial charge in [-0.05, 0) is 61.1 Å². The van der Waals surface area contributed by atoms with Crippen molar-refractivity contribution in [3.63, 3.8) is 0 Å². The van der Waals surface area contributed by atoms with Crippen molar-refractivity contribution < 1.29 is 14.7 Å². The third-order valence-corrected chi connectivity index (χ3v) is 5.38. The van der Waals surface area contributed by atoms with Crippen LogP contribution in [0.15, 0.2) is 42.5 Å². The highest BCUT2D eigenvalue weighted by molar-refractivity contribution is 6.33. The van der Waals surface area contributed by atoms with E-state index in [0.717, 1.165) is 36.8 Å².